The van der Waals surface area contributed by atoms with E-state index in [0.29, 0.717) is 19.6 Å². The van der Waals surface area contributed by atoms with Gasteiger partial charge in [0.25, 0.3) is 0 Å². The average Bonchev–Trinajstić information content (AvgIpc) is 2.43. The van der Waals surface area contributed by atoms with Crippen molar-refractivity contribution < 1.29 is 14.6 Å². The van der Waals surface area contributed by atoms with E-state index in [-0.39, 0.29) is 17.9 Å². The minimum absolute atomic E-state index is 0.0576. The first-order chi connectivity index (χ1) is 8.67. The van der Waals surface area contributed by atoms with Gasteiger partial charge in [-0.05, 0) is 38.0 Å². The first-order valence-electron chi connectivity index (χ1n) is 7.14. The summed E-state index contributed by atoms with van der Waals surface area (Å²) in [5, 5.41) is 9.45. The second kappa shape index (κ2) is 7.74. The van der Waals surface area contributed by atoms with E-state index in [0.717, 1.165) is 38.8 Å². The number of aliphatic hydroxyl groups is 1. The predicted molar refractivity (Wildman–Crippen MR) is 71.4 cm³/mol. The van der Waals surface area contributed by atoms with E-state index in [9.17, 15) is 9.90 Å². The third-order valence-electron chi connectivity index (χ3n) is 4.15. The molecule has 1 amide bonds. The lowest BCUT2D eigenvalue weighted by Gasteiger charge is -2.40. The van der Waals surface area contributed by atoms with Crippen molar-refractivity contribution in [1.29, 1.82) is 0 Å². The number of carbonyl (C=O) groups is 1. The van der Waals surface area contributed by atoms with Crippen LogP contribution >= 0.6 is 0 Å². The van der Waals surface area contributed by atoms with Crippen LogP contribution in [0.4, 0.5) is 0 Å². The van der Waals surface area contributed by atoms with Crippen molar-refractivity contribution in [2.45, 2.75) is 46.0 Å². The fraction of sp³-hybridized carbons (Fsp3) is 0.929. The zero-order chi connectivity index (χ0) is 13.4. The molecule has 0 bridgehead atoms. The predicted octanol–water partition coefficient (Wildman–Crippen LogP) is 1.81. The van der Waals surface area contributed by atoms with Crippen LogP contribution in [0.15, 0.2) is 0 Å². The lowest BCUT2D eigenvalue weighted by Crippen LogP contribution is -2.44. The highest BCUT2D eigenvalue weighted by Gasteiger charge is 2.33. The van der Waals surface area contributed by atoms with Gasteiger partial charge in [0, 0.05) is 39.3 Å². The molecule has 0 spiro atoms. The number of rotatable bonds is 7. The number of nitrogens with zero attached hydrogens (tertiary/aromatic N) is 1. The Morgan fingerprint density at radius 3 is 2.50 bits per heavy atom. The maximum Gasteiger partial charge on any atom is 0.222 e. The second-order valence-corrected chi connectivity index (χ2v) is 5.19. The van der Waals surface area contributed by atoms with Crippen LogP contribution in [0.1, 0.15) is 46.0 Å². The van der Waals surface area contributed by atoms with Crippen LogP contribution in [-0.2, 0) is 9.53 Å². The van der Waals surface area contributed by atoms with Crippen molar-refractivity contribution in [2.24, 2.45) is 5.41 Å². The zero-order valence-corrected chi connectivity index (χ0v) is 11.8. The number of amides is 1. The molecule has 0 aromatic rings. The Hall–Kier alpha value is -0.610. The molecule has 1 aliphatic rings. The fourth-order valence-electron chi connectivity index (χ4n) is 2.48. The summed E-state index contributed by atoms with van der Waals surface area (Å²) < 4.78 is 5.24. The molecule has 4 heteroatoms. The Bertz CT molecular complexity index is 241. The summed E-state index contributed by atoms with van der Waals surface area (Å²) in [7, 11) is 0. The van der Waals surface area contributed by atoms with Gasteiger partial charge in [0.05, 0.1) is 0 Å². The van der Waals surface area contributed by atoms with Crippen LogP contribution in [-0.4, -0.2) is 48.8 Å². The Labute approximate surface area is 110 Å². The monoisotopic (exact) mass is 257 g/mol. The number of piperidine rings is 1. The summed E-state index contributed by atoms with van der Waals surface area (Å²) in [5.41, 5.74) is 0.0576. The number of carbonyl (C=O) groups excluding carboxylic acids is 1. The second-order valence-electron chi connectivity index (χ2n) is 5.19. The lowest BCUT2D eigenvalue weighted by molar-refractivity contribution is -0.134. The van der Waals surface area contributed by atoms with Crippen LogP contribution < -0.4 is 0 Å². The van der Waals surface area contributed by atoms with Crippen LogP contribution in [0, 0.1) is 5.41 Å². The van der Waals surface area contributed by atoms with E-state index < -0.39 is 0 Å². The van der Waals surface area contributed by atoms with Crippen molar-refractivity contribution in [3.63, 3.8) is 0 Å². The summed E-state index contributed by atoms with van der Waals surface area (Å²) in [6, 6.07) is 0. The molecule has 106 valence electrons. The molecular formula is C14H27NO3. The largest absolute Gasteiger partial charge is 0.396 e. The van der Waals surface area contributed by atoms with E-state index in [1.165, 1.54) is 0 Å². The molecule has 1 heterocycles. The number of aliphatic hydroxyl groups excluding tert-OH is 1. The van der Waals surface area contributed by atoms with Gasteiger partial charge >= 0.3 is 0 Å². The van der Waals surface area contributed by atoms with E-state index in [1.807, 2.05) is 11.8 Å². The van der Waals surface area contributed by atoms with Gasteiger partial charge in [0.15, 0.2) is 0 Å². The van der Waals surface area contributed by atoms with Gasteiger partial charge in [-0.2, -0.15) is 0 Å². The van der Waals surface area contributed by atoms with Crippen molar-refractivity contribution in [3.05, 3.63) is 0 Å². The highest BCUT2D eigenvalue weighted by atomic mass is 16.5. The van der Waals surface area contributed by atoms with E-state index in [4.69, 9.17) is 4.74 Å². The zero-order valence-electron chi connectivity index (χ0n) is 11.8. The number of hydrogen-bond donors (Lipinski definition) is 1. The molecule has 1 aliphatic heterocycles. The molecule has 0 radical (unpaired) electrons. The van der Waals surface area contributed by atoms with Crippen molar-refractivity contribution >= 4 is 5.91 Å². The minimum atomic E-state index is 0.0576. The summed E-state index contributed by atoms with van der Waals surface area (Å²) in [6.45, 7) is 7.31. The van der Waals surface area contributed by atoms with Gasteiger partial charge in [-0.15, -0.1) is 0 Å². The van der Waals surface area contributed by atoms with Gasteiger partial charge in [0.1, 0.15) is 0 Å². The van der Waals surface area contributed by atoms with Crippen molar-refractivity contribution in [3.8, 4) is 0 Å². The fourth-order valence-corrected chi connectivity index (χ4v) is 2.48. The van der Waals surface area contributed by atoms with E-state index >= 15 is 0 Å². The van der Waals surface area contributed by atoms with E-state index in [1.54, 1.807) is 0 Å². The maximum absolute atomic E-state index is 12.0. The maximum atomic E-state index is 12.0. The van der Waals surface area contributed by atoms with Crippen LogP contribution in [0.5, 0.6) is 0 Å². The van der Waals surface area contributed by atoms with Gasteiger partial charge < -0.3 is 14.7 Å². The van der Waals surface area contributed by atoms with Gasteiger partial charge in [0.2, 0.25) is 5.91 Å². The molecule has 0 aromatic heterocycles. The molecule has 0 aliphatic carbocycles. The Morgan fingerprint density at radius 2 is 2.00 bits per heavy atom. The molecule has 1 rings (SSSR count). The van der Waals surface area contributed by atoms with Crippen LogP contribution in [0.3, 0.4) is 0 Å². The molecule has 0 aromatic carbocycles. The Morgan fingerprint density at radius 1 is 1.33 bits per heavy atom. The van der Waals surface area contributed by atoms with Gasteiger partial charge in [-0.3, -0.25) is 4.79 Å². The molecule has 1 saturated heterocycles. The van der Waals surface area contributed by atoms with Crippen LogP contribution in [0.25, 0.3) is 0 Å². The summed E-state index contributed by atoms with van der Waals surface area (Å²) in [6.07, 6.45) is 4.24. The van der Waals surface area contributed by atoms with E-state index in [2.05, 4.69) is 6.92 Å². The van der Waals surface area contributed by atoms with Gasteiger partial charge in [-0.1, -0.05) is 6.92 Å². The van der Waals surface area contributed by atoms with Crippen molar-refractivity contribution in [1.82, 2.24) is 4.90 Å². The van der Waals surface area contributed by atoms with Crippen LogP contribution in [0.2, 0.25) is 0 Å². The summed E-state index contributed by atoms with van der Waals surface area (Å²) >= 11 is 0. The molecule has 0 saturated carbocycles. The SMILES string of the molecule is CCOCCCC(=O)N1CCC(CC)(CO)CC1. The van der Waals surface area contributed by atoms with Gasteiger partial charge in [-0.25, -0.2) is 0 Å². The average molecular weight is 257 g/mol. The number of hydrogen-bond acceptors (Lipinski definition) is 3. The molecule has 0 unspecified atom stereocenters. The Kier molecular flexibility index (Phi) is 6.65. The first-order valence-corrected chi connectivity index (χ1v) is 7.14. The topological polar surface area (TPSA) is 49.8 Å². The molecule has 4 nitrogen and oxygen atoms in total. The summed E-state index contributed by atoms with van der Waals surface area (Å²) in [4.78, 5) is 13.9. The lowest BCUT2D eigenvalue weighted by atomic mass is 9.77. The highest BCUT2D eigenvalue weighted by molar-refractivity contribution is 5.76. The van der Waals surface area contributed by atoms with Crippen molar-refractivity contribution in [2.75, 3.05) is 32.9 Å². The highest BCUT2D eigenvalue weighted by Crippen LogP contribution is 2.34. The third-order valence-corrected chi connectivity index (χ3v) is 4.15. The first kappa shape index (κ1) is 15.4. The smallest absolute Gasteiger partial charge is 0.222 e. The molecule has 1 fully saturated rings. The number of ether oxygens (including phenoxy) is 1. The number of likely N-dealkylation sites (tertiary alicyclic amines) is 1. The summed E-state index contributed by atoms with van der Waals surface area (Å²) in [5.74, 6) is 0.234. The normalized spacial score (nSPS) is 18.9. The quantitative estimate of drug-likeness (QED) is 0.708. The molecular weight excluding hydrogens is 230 g/mol. The molecule has 1 N–H and O–H groups in total. The minimum Gasteiger partial charge on any atom is -0.396 e. The Balaban J connectivity index is 2.27. The molecule has 18 heavy (non-hydrogen) atoms. The molecule has 0 atom stereocenters. The standard InChI is InChI=1S/C14H27NO3/c1-3-14(12-16)7-9-15(10-8-14)13(17)6-5-11-18-4-2/h16H,3-12H2,1-2H3. The third kappa shape index (κ3) is 4.25.